The highest BCUT2D eigenvalue weighted by atomic mass is 16.2. The summed E-state index contributed by atoms with van der Waals surface area (Å²) in [5.41, 5.74) is 5.29. The lowest BCUT2D eigenvalue weighted by Crippen LogP contribution is -2.38. The van der Waals surface area contributed by atoms with Crippen LogP contribution in [0.3, 0.4) is 0 Å². The highest BCUT2D eigenvalue weighted by molar-refractivity contribution is 6.00. The van der Waals surface area contributed by atoms with Crippen molar-refractivity contribution in [1.29, 1.82) is 0 Å². The van der Waals surface area contributed by atoms with E-state index in [0.717, 1.165) is 30.1 Å². The normalized spacial score (nSPS) is 34.8. The summed E-state index contributed by atoms with van der Waals surface area (Å²) in [6, 6.07) is 0. The fourth-order valence-electron chi connectivity index (χ4n) is 6.38. The molecule has 2 N–H and O–H groups in total. The average molecular weight is 415 g/mol. The Morgan fingerprint density at radius 1 is 0.800 bits per heavy atom. The van der Waals surface area contributed by atoms with Crippen molar-refractivity contribution in [3.8, 4) is 0 Å². The number of hydrazone groups is 2. The van der Waals surface area contributed by atoms with Gasteiger partial charge in [-0.05, 0) is 92.8 Å². The smallest absolute Gasteiger partial charge is 0.252 e. The molecule has 4 saturated carbocycles. The van der Waals surface area contributed by atoms with Gasteiger partial charge in [-0.1, -0.05) is 26.7 Å². The molecule has 0 aromatic heterocycles. The van der Waals surface area contributed by atoms with Crippen LogP contribution in [-0.4, -0.2) is 24.2 Å². The number of rotatable bonds is 9. The third-order valence-corrected chi connectivity index (χ3v) is 8.13. The number of carbonyl (C=O) groups is 2. The van der Waals surface area contributed by atoms with E-state index in [9.17, 15) is 9.59 Å². The molecule has 4 bridgehead atoms. The molecule has 6 heteroatoms. The quantitative estimate of drug-likeness (QED) is 0.338. The largest absolute Gasteiger partial charge is 0.272 e. The standard InChI is InChI=1S/C24H38N4O2/c1-15(2)3-8-22(23(29)27-25-13-20-11-16-4-6-18(20)9-16)24(30)28-26-14-21-12-17-5-7-19(21)10-17/h13-22H,3-12H2,1-2H3,(H,27,29)(H,28,30)/b25-13-,26-14-/t16-,17-,18-,19-,20+,21+/m1/s1. The van der Waals surface area contributed by atoms with Crippen molar-refractivity contribution in [2.75, 3.05) is 0 Å². The van der Waals surface area contributed by atoms with Gasteiger partial charge in [-0.25, -0.2) is 10.9 Å². The Hall–Kier alpha value is -1.72. The van der Waals surface area contributed by atoms with Crippen LogP contribution in [0.2, 0.25) is 0 Å². The molecule has 0 spiro atoms. The van der Waals surface area contributed by atoms with Crippen LogP contribution in [0.1, 0.15) is 78.1 Å². The first-order valence-electron chi connectivity index (χ1n) is 12.2. The van der Waals surface area contributed by atoms with Gasteiger partial charge in [0.15, 0.2) is 0 Å². The summed E-state index contributed by atoms with van der Waals surface area (Å²) >= 11 is 0. The second-order valence-corrected chi connectivity index (χ2v) is 10.7. The zero-order valence-corrected chi connectivity index (χ0v) is 18.6. The fourth-order valence-corrected chi connectivity index (χ4v) is 6.38. The molecule has 4 aliphatic carbocycles. The molecule has 0 radical (unpaired) electrons. The number of carbonyl (C=O) groups excluding carboxylic acids is 2. The maximum Gasteiger partial charge on any atom is 0.252 e. The monoisotopic (exact) mass is 414 g/mol. The average Bonchev–Trinajstić information content (AvgIpc) is 3.49. The molecule has 0 saturated heterocycles. The highest BCUT2D eigenvalue weighted by Crippen LogP contribution is 2.48. The Kier molecular flexibility index (Phi) is 6.89. The Morgan fingerprint density at radius 2 is 1.30 bits per heavy atom. The Morgan fingerprint density at radius 3 is 1.67 bits per heavy atom. The Balaban J connectivity index is 1.28. The van der Waals surface area contributed by atoms with Crippen LogP contribution < -0.4 is 10.9 Å². The molecule has 6 nitrogen and oxygen atoms in total. The molecule has 0 aromatic carbocycles. The summed E-state index contributed by atoms with van der Waals surface area (Å²) in [4.78, 5) is 25.4. The van der Waals surface area contributed by atoms with Crippen LogP contribution in [0.4, 0.5) is 0 Å². The fraction of sp³-hybridized carbons (Fsp3) is 0.833. The maximum atomic E-state index is 12.7. The number of nitrogens with zero attached hydrogens (tertiary/aromatic N) is 2. The first kappa shape index (κ1) is 21.5. The molecule has 2 amide bonds. The van der Waals surface area contributed by atoms with Crippen molar-refractivity contribution in [3.63, 3.8) is 0 Å². The van der Waals surface area contributed by atoms with Crippen LogP contribution >= 0.6 is 0 Å². The summed E-state index contributed by atoms with van der Waals surface area (Å²) in [5, 5.41) is 8.46. The van der Waals surface area contributed by atoms with Crippen LogP contribution in [0.25, 0.3) is 0 Å². The van der Waals surface area contributed by atoms with Gasteiger partial charge in [-0.3, -0.25) is 9.59 Å². The number of amides is 2. The van der Waals surface area contributed by atoms with Crippen molar-refractivity contribution in [1.82, 2.24) is 10.9 Å². The summed E-state index contributed by atoms with van der Waals surface area (Å²) in [5.74, 6) is 3.18. The molecule has 4 aliphatic rings. The van der Waals surface area contributed by atoms with Gasteiger partial charge >= 0.3 is 0 Å². The first-order valence-corrected chi connectivity index (χ1v) is 12.2. The van der Waals surface area contributed by atoms with Gasteiger partial charge in [0.2, 0.25) is 0 Å². The zero-order valence-electron chi connectivity index (χ0n) is 18.6. The van der Waals surface area contributed by atoms with Crippen LogP contribution in [0, 0.1) is 47.3 Å². The first-order chi connectivity index (χ1) is 14.5. The molecular formula is C24H38N4O2. The lowest BCUT2D eigenvalue weighted by molar-refractivity contribution is -0.135. The topological polar surface area (TPSA) is 82.9 Å². The molecule has 6 atom stereocenters. The second-order valence-electron chi connectivity index (χ2n) is 10.7. The summed E-state index contributed by atoms with van der Waals surface area (Å²) in [6.45, 7) is 4.21. The predicted molar refractivity (Wildman–Crippen MR) is 119 cm³/mol. The minimum atomic E-state index is -0.748. The van der Waals surface area contributed by atoms with Gasteiger partial charge < -0.3 is 0 Å². The van der Waals surface area contributed by atoms with E-state index in [-0.39, 0.29) is 11.8 Å². The molecule has 0 unspecified atom stereocenters. The summed E-state index contributed by atoms with van der Waals surface area (Å²) in [6.07, 6.45) is 15.4. The number of hydrogen-bond donors (Lipinski definition) is 2. The summed E-state index contributed by atoms with van der Waals surface area (Å²) in [7, 11) is 0. The van der Waals surface area contributed by atoms with Crippen LogP contribution in [-0.2, 0) is 9.59 Å². The van der Waals surface area contributed by atoms with Gasteiger partial charge in [0, 0.05) is 12.4 Å². The number of nitrogens with one attached hydrogen (secondary N) is 2. The summed E-state index contributed by atoms with van der Waals surface area (Å²) < 4.78 is 0. The van der Waals surface area contributed by atoms with E-state index in [1.807, 2.05) is 12.4 Å². The molecule has 0 aromatic rings. The highest BCUT2D eigenvalue weighted by Gasteiger charge is 2.39. The lowest BCUT2D eigenvalue weighted by Gasteiger charge is -2.18. The molecule has 30 heavy (non-hydrogen) atoms. The number of fused-ring (bicyclic) bond motifs is 4. The van der Waals surface area contributed by atoms with E-state index >= 15 is 0 Å². The SMILES string of the molecule is CC(C)CCC(C(=O)N/N=C\[C@@H]1C[C@@H]2CC[C@@H]1C2)C(=O)N/N=C\[C@@H]1C[C@@H]2CC[C@@H]1C2. The van der Waals surface area contributed by atoms with E-state index in [2.05, 4.69) is 34.9 Å². The van der Waals surface area contributed by atoms with Crippen molar-refractivity contribution >= 4 is 24.2 Å². The minimum Gasteiger partial charge on any atom is -0.272 e. The van der Waals surface area contributed by atoms with Crippen molar-refractivity contribution < 1.29 is 9.59 Å². The van der Waals surface area contributed by atoms with E-state index in [4.69, 9.17) is 0 Å². The third-order valence-electron chi connectivity index (χ3n) is 8.13. The minimum absolute atomic E-state index is 0.317. The Bertz CT molecular complexity index is 637. The van der Waals surface area contributed by atoms with Gasteiger partial charge in [0.05, 0.1) is 0 Å². The van der Waals surface area contributed by atoms with Crippen molar-refractivity contribution in [2.24, 2.45) is 57.5 Å². The lowest BCUT2D eigenvalue weighted by atomic mass is 9.90. The van der Waals surface area contributed by atoms with Gasteiger partial charge in [0.25, 0.3) is 11.8 Å². The van der Waals surface area contributed by atoms with Crippen LogP contribution in [0.5, 0.6) is 0 Å². The molecule has 0 aliphatic heterocycles. The van der Waals surface area contributed by atoms with Crippen molar-refractivity contribution in [2.45, 2.75) is 78.1 Å². The van der Waals surface area contributed by atoms with Gasteiger partial charge in [-0.15, -0.1) is 0 Å². The molecule has 0 heterocycles. The van der Waals surface area contributed by atoms with E-state index < -0.39 is 5.92 Å². The van der Waals surface area contributed by atoms with Gasteiger partial charge in [0.1, 0.15) is 5.92 Å². The van der Waals surface area contributed by atoms with Crippen molar-refractivity contribution in [3.05, 3.63) is 0 Å². The third kappa shape index (κ3) is 5.12. The van der Waals surface area contributed by atoms with Crippen LogP contribution in [0.15, 0.2) is 10.2 Å². The molecule has 4 fully saturated rings. The van der Waals surface area contributed by atoms with Gasteiger partial charge in [-0.2, -0.15) is 10.2 Å². The van der Waals surface area contributed by atoms with E-state index in [1.54, 1.807) is 0 Å². The Labute approximate surface area is 180 Å². The molecule has 4 rings (SSSR count). The van der Waals surface area contributed by atoms with E-state index in [1.165, 1.54) is 51.4 Å². The molecule has 166 valence electrons. The van der Waals surface area contributed by atoms with E-state index in [0.29, 0.717) is 24.2 Å². The molecular weight excluding hydrogens is 376 g/mol. The predicted octanol–water partition coefficient (Wildman–Crippen LogP) is 4.12. The second kappa shape index (κ2) is 9.61. The maximum absolute atomic E-state index is 12.7. The number of hydrogen-bond acceptors (Lipinski definition) is 4. The zero-order chi connectivity index (χ0) is 21.1.